The number of ketones is 1. The molecule has 1 aliphatic carbocycles. The molecule has 5 rings (SSSR count). The van der Waals surface area contributed by atoms with E-state index in [1.54, 1.807) is 13.8 Å². The zero-order chi connectivity index (χ0) is 26.8. The number of benzene rings is 2. The summed E-state index contributed by atoms with van der Waals surface area (Å²) in [7, 11) is 1.35. The van der Waals surface area contributed by atoms with Gasteiger partial charge in [0.15, 0.2) is 10.9 Å². The Bertz CT molecular complexity index is 1480. The highest BCUT2D eigenvalue weighted by atomic mass is 32.2. The molecule has 2 heterocycles. The van der Waals surface area contributed by atoms with Crippen molar-refractivity contribution in [3.8, 4) is 0 Å². The number of aromatic amines is 1. The predicted octanol–water partition coefficient (Wildman–Crippen LogP) is 6.62. The third kappa shape index (κ3) is 5.01. The first-order valence-electron chi connectivity index (χ1n) is 13.3. The summed E-state index contributed by atoms with van der Waals surface area (Å²) in [4.78, 5) is 28.9. The number of nitrogens with zero attached hydrogens (tertiary/aromatic N) is 3. The van der Waals surface area contributed by atoms with E-state index in [2.05, 4.69) is 62.2 Å². The highest BCUT2D eigenvalue weighted by Crippen LogP contribution is 2.36. The fraction of sp³-hybridized carbons (Fsp3) is 0.400. The number of nitrogens with one attached hydrogen (secondary N) is 1. The van der Waals surface area contributed by atoms with E-state index in [9.17, 15) is 9.59 Å². The van der Waals surface area contributed by atoms with E-state index in [1.165, 1.54) is 54.5 Å². The van der Waals surface area contributed by atoms with E-state index in [0.29, 0.717) is 35.0 Å². The number of hydrogen-bond acceptors (Lipinski definition) is 6. The predicted molar refractivity (Wildman–Crippen MR) is 150 cm³/mol. The van der Waals surface area contributed by atoms with E-state index in [-0.39, 0.29) is 5.78 Å². The number of rotatable bonds is 8. The summed E-state index contributed by atoms with van der Waals surface area (Å²) in [5.41, 5.74) is 3.36. The number of carbonyl (C=O) groups is 2. The maximum Gasteiger partial charge on any atom is 0.339 e. The number of aryl methyl sites for hydroxylation is 1. The summed E-state index contributed by atoms with van der Waals surface area (Å²) >= 11 is 1.44. The van der Waals surface area contributed by atoms with Crippen LogP contribution >= 0.6 is 11.8 Å². The summed E-state index contributed by atoms with van der Waals surface area (Å²) in [5.74, 6) is 0.431. The summed E-state index contributed by atoms with van der Waals surface area (Å²) in [6, 6.07) is 15.1. The highest BCUT2D eigenvalue weighted by Gasteiger charge is 2.29. The molecular formula is C30H34N4O3S. The molecule has 7 nitrogen and oxygen atoms in total. The number of hydrogen-bond donors (Lipinski definition) is 1. The van der Waals surface area contributed by atoms with Crippen LogP contribution < -0.4 is 0 Å². The maximum atomic E-state index is 13.5. The lowest BCUT2D eigenvalue weighted by atomic mass is 9.95. The Morgan fingerprint density at radius 1 is 1.08 bits per heavy atom. The molecule has 1 N–H and O–H groups in total. The van der Waals surface area contributed by atoms with Crippen LogP contribution in [0.4, 0.5) is 0 Å². The topological polar surface area (TPSA) is 89.9 Å². The average molecular weight is 531 g/mol. The third-order valence-corrected chi connectivity index (χ3v) is 8.69. The van der Waals surface area contributed by atoms with E-state index in [0.717, 1.165) is 23.8 Å². The van der Waals surface area contributed by atoms with Gasteiger partial charge in [0.1, 0.15) is 5.82 Å². The lowest BCUT2D eigenvalue weighted by Gasteiger charge is -2.26. The van der Waals surface area contributed by atoms with Gasteiger partial charge in [-0.25, -0.2) is 4.79 Å². The molecule has 1 aliphatic rings. The Morgan fingerprint density at radius 3 is 2.58 bits per heavy atom. The van der Waals surface area contributed by atoms with Crippen molar-refractivity contribution in [1.29, 1.82) is 0 Å². The number of H-pyrrole nitrogens is 1. The van der Waals surface area contributed by atoms with Crippen LogP contribution in [-0.4, -0.2) is 43.9 Å². The number of carbonyl (C=O) groups excluding carboxylic acids is 2. The van der Waals surface area contributed by atoms with Gasteiger partial charge in [0.2, 0.25) is 0 Å². The number of methoxy groups -OCH3 is 1. The Morgan fingerprint density at radius 2 is 1.82 bits per heavy atom. The third-order valence-electron chi connectivity index (χ3n) is 7.63. The van der Waals surface area contributed by atoms with Crippen LogP contribution in [0.5, 0.6) is 0 Å². The largest absolute Gasteiger partial charge is 0.465 e. The lowest BCUT2D eigenvalue weighted by Crippen LogP contribution is -2.20. The van der Waals surface area contributed by atoms with Gasteiger partial charge < -0.3 is 14.3 Å². The van der Waals surface area contributed by atoms with Gasteiger partial charge in [0, 0.05) is 18.2 Å². The van der Waals surface area contributed by atoms with Crippen LogP contribution in [0.2, 0.25) is 0 Å². The van der Waals surface area contributed by atoms with E-state index >= 15 is 0 Å². The van der Waals surface area contributed by atoms with Gasteiger partial charge in [-0.05, 0) is 55.5 Å². The number of Topliss-reactive ketones (excluding diaryl/α,β-unsaturated/α-hetero) is 1. The molecule has 0 bridgehead atoms. The molecule has 1 fully saturated rings. The molecule has 38 heavy (non-hydrogen) atoms. The van der Waals surface area contributed by atoms with Gasteiger partial charge in [0.05, 0.1) is 23.6 Å². The second kappa shape index (κ2) is 11.2. The van der Waals surface area contributed by atoms with Crippen LogP contribution in [0.15, 0.2) is 47.6 Å². The highest BCUT2D eigenvalue weighted by molar-refractivity contribution is 8.00. The number of ether oxygens (including phenoxy) is 1. The van der Waals surface area contributed by atoms with E-state index < -0.39 is 11.2 Å². The smallest absolute Gasteiger partial charge is 0.339 e. The van der Waals surface area contributed by atoms with Gasteiger partial charge >= 0.3 is 5.97 Å². The Kier molecular flexibility index (Phi) is 7.70. The minimum absolute atomic E-state index is 0.0699. The number of fused-ring (bicyclic) bond motifs is 1. The van der Waals surface area contributed by atoms with Crippen LogP contribution in [0.1, 0.15) is 88.6 Å². The van der Waals surface area contributed by atoms with E-state index in [4.69, 9.17) is 4.74 Å². The van der Waals surface area contributed by atoms with E-state index in [1.807, 2.05) is 6.92 Å². The zero-order valence-electron chi connectivity index (χ0n) is 22.4. The molecule has 1 unspecified atom stereocenters. The fourth-order valence-electron chi connectivity index (χ4n) is 5.65. The second-order valence-corrected chi connectivity index (χ2v) is 11.4. The van der Waals surface area contributed by atoms with Gasteiger partial charge in [-0.2, -0.15) is 0 Å². The summed E-state index contributed by atoms with van der Waals surface area (Å²) < 4.78 is 7.21. The second-order valence-electron chi connectivity index (χ2n) is 10.1. The number of esters is 1. The molecule has 1 atom stereocenters. The molecule has 0 radical (unpaired) electrons. The quantitative estimate of drug-likeness (QED) is 0.156. The van der Waals surface area contributed by atoms with Crippen molar-refractivity contribution in [3.05, 3.63) is 76.4 Å². The number of aromatic nitrogens is 4. The first kappa shape index (κ1) is 26.2. The average Bonchev–Trinajstić information content (AvgIpc) is 3.47. The molecule has 0 spiro atoms. The standard InChI is InChI=1S/C30H34N4O3S/c1-18-26(29(36)37-4)19(2)31-27(18)28(35)20(3)38-30-33-32-25(34(30)23-14-6-5-7-15-23)17-22-13-10-12-21-11-8-9-16-24(21)22/h8-13,16,20,23,31H,5-7,14-15,17H2,1-4H3. The Balaban J connectivity index is 1.45. The molecule has 0 aliphatic heterocycles. The molecule has 2 aromatic carbocycles. The summed E-state index contributed by atoms with van der Waals surface area (Å²) in [5, 5.41) is 12.1. The van der Waals surface area contributed by atoms with Crippen molar-refractivity contribution in [3.63, 3.8) is 0 Å². The van der Waals surface area contributed by atoms with Crippen molar-refractivity contribution in [2.75, 3.05) is 7.11 Å². The fourth-order valence-corrected chi connectivity index (χ4v) is 6.65. The summed E-state index contributed by atoms with van der Waals surface area (Å²) in [6.45, 7) is 5.46. The van der Waals surface area contributed by atoms with Crippen molar-refractivity contribution in [2.24, 2.45) is 0 Å². The molecule has 198 valence electrons. The molecular weight excluding hydrogens is 496 g/mol. The minimum atomic E-state index is -0.439. The van der Waals surface area contributed by atoms with Gasteiger partial charge in [-0.3, -0.25) is 4.79 Å². The minimum Gasteiger partial charge on any atom is -0.465 e. The molecule has 4 aromatic rings. The normalized spacial score (nSPS) is 15.1. The molecule has 1 saturated carbocycles. The Labute approximate surface area is 227 Å². The Hall–Kier alpha value is -3.39. The molecule has 2 aromatic heterocycles. The number of thioether (sulfide) groups is 1. The monoisotopic (exact) mass is 530 g/mol. The van der Waals surface area contributed by atoms with Gasteiger partial charge in [0.25, 0.3) is 0 Å². The van der Waals surface area contributed by atoms with Crippen LogP contribution in [-0.2, 0) is 11.2 Å². The molecule has 0 amide bonds. The van der Waals surface area contributed by atoms with Crippen molar-refractivity contribution < 1.29 is 14.3 Å². The molecule has 0 saturated heterocycles. The van der Waals surface area contributed by atoms with Crippen LogP contribution in [0.25, 0.3) is 10.8 Å². The van der Waals surface area contributed by atoms with Crippen LogP contribution in [0, 0.1) is 13.8 Å². The van der Waals surface area contributed by atoms with Crippen LogP contribution in [0.3, 0.4) is 0 Å². The SMILES string of the molecule is COC(=O)c1c(C)[nH]c(C(=O)C(C)Sc2nnc(Cc3cccc4ccccc34)n2C2CCCCC2)c1C. The molecule has 8 heteroatoms. The first-order chi connectivity index (χ1) is 18.4. The zero-order valence-corrected chi connectivity index (χ0v) is 23.2. The first-order valence-corrected chi connectivity index (χ1v) is 14.2. The van der Waals surface area contributed by atoms with Gasteiger partial charge in [-0.15, -0.1) is 10.2 Å². The lowest BCUT2D eigenvalue weighted by molar-refractivity contribution is 0.0599. The maximum absolute atomic E-state index is 13.5. The van der Waals surface area contributed by atoms with Gasteiger partial charge in [-0.1, -0.05) is 73.5 Å². The van der Waals surface area contributed by atoms with Crippen molar-refractivity contribution in [1.82, 2.24) is 19.7 Å². The van der Waals surface area contributed by atoms with Crippen molar-refractivity contribution >= 4 is 34.3 Å². The van der Waals surface area contributed by atoms with Crippen molar-refractivity contribution in [2.45, 2.75) is 75.7 Å². The summed E-state index contributed by atoms with van der Waals surface area (Å²) in [6.07, 6.45) is 6.49.